The third-order valence-electron chi connectivity index (χ3n) is 10.5. The van der Waals surface area contributed by atoms with E-state index in [1.807, 2.05) is 30.3 Å². The SMILES string of the molecule is CC1(C)c2ccccc2-c2c(N(c3ccc(-c4nc(-c5ccccc5)c5ccccc5n4)cc3)c3ccc4oc5ccccc5c4c3)cccc21. The molecule has 0 fully saturated rings. The summed E-state index contributed by atoms with van der Waals surface area (Å²) in [4.78, 5) is 12.6. The Morgan fingerprint density at radius 2 is 1.20 bits per heavy atom. The minimum absolute atomic E-state index is 0.119. The van der Waals surface area contributed by atoms with Crippen LogP contribution < -0.4 is 4.90 Å². The molecule has 0 unspecified atom stereocenters. The van der Waals surface area contributed by atoms with E-state index in [0.29, 0.717) is 5.82 Å². The first-order chi connectivity index (χ1) is 25.0. The van der Waals surface area contributed by atoms with Crippen molar-refractivity contribution in [3.63, 3.8) is 0 Å². The summed E-state index contributed by atoms with van der Waals surface area (Å²) >= 11 is 0. The predicted molar refractivity (Wildman–Crippen MR) is 210 cm³/mol. The molecule has 0 bridgehead atoms. The molecule has 0 atom stereocenters. The van der Waals surface area contributed by atoms with Gasteiger partial charge in [0.1, 0.15) is 11.2 Å². The summed E-state index contributed by atoms with van der Waals surface area (Å²) < 4.78 is 6.25. The first-order valence-corrected chi connectivity index (χ1v) is 17.4. The van der Waals surface area contributed by atoms with Crippen LogP contribution in [0.2, 0.25) is 0 Å². The smallest absolute Gasteiger partial charge is 0.160 e. The zero-order chi connectivity index (χ0) is 34.1. The van der Waals surface area contributed by atoms with Crippen molar-refractivity contribution < 1.29 is 4.42 Å². The summed E-state index contributed by atoms with van der Waals surface area (Å²) in [5, 5.41) is 3.24. The third kappa shape index (κ3) is 4.60. The highest BCUT2D eigenvalue weighted by molar-refractivity contribution is 6.07. The Morgan fingerprint density at radius 1 is 0.510 bits per heavy atom. The Balaban J connectivity index is 1.16. The fourth-order valence-corrected chi connectivity index (χ4v) is 7.98. The molecule has 2 heterocycles. The van der Waals surface area contributed by atoms with Gasteiger partial charge < -0.3 is 9.32 Å². The molecule has 0 N–H and O–H groups in total. The van der Waals surface area contributed by atoms with E-state index in [0.717, 1.165) is 66.7 Å². The zero-order valence-corrected chi connectivity index (χ0v) is 28.3. The number of para-hydroxylation sites is 2. The van der Waals surface area contributed by atoms with Crippen molar-refractivity contribution in [3.05, 3.63) is 175 Å². The Labute approximate surface area is 296 Å². The average molecular weight is 656 g/mol. The lowest BCUT2D eigenvalue weighted by atomic mass is 9.82. The van der Waals surface area contributed by atoms with E-state index in [4.69, 9.17) is 14.4 Å². The van der Waals surface area contributed by atoms with Crippen LogP contribution in [0.25, 0.3) is 66.6 Å². The average Bonchev–Trinajstić information content (AvgIpc) is 3.67. The highest BCUT2D eigenvalue weighted by atomic mass is 16.3. The number of furan rings is 1. The van der Waals surface area contributed by atoms with E-state index in [1.165, 1.54) is 22.3 Å². The highest BCUT2D eigenvalue weighted by Crippen LogP contribution is 2.54. The largest absolute Gasteiger partial charge is 0.456 e. The molecule has 0 amide bonds. The van der Waals surface area contributed by atoms with E-state index >= 15 is 0 Å². The maximum Gasteiger partial charge on any atom is 0.160 e. The summed E-state index contributed by atoms with van der Waals surface area (Å²) in [5.74, 6) is 0.702. The summed E-state index contributed by atoms with van der Waals surface area (Å²) in [6.45, 7) is 4.66. The number of hydrogen-bond acceptors (Lipinski definition) is 4. The van der Waals surface area contributed by atoms with E-state index in [9.17, 15) is 0 Å². The Hall–Kier alpha value is -6.52. The molecule has 0 aliphatic heterocycles. The van der Waals surface area contributed by atoms with Gasteiger partial charge in [-0.2, -0.15) is 0 Å². The van der Waals surface area contributed by atoms with Gasteiger partial charge in [-0.25, -0.2) is 9.97 Å². The summed E-state index contributed by atoms with van der Waals surface area (Å²) in [5.41, 5.74) is 14.0. The molecule has 0 spiro atoms. The van der Waals surface area contributed by atoms with E-state index in [2.05, 4.69) is 152 Å². The molecule has 51 heavy (non-hydrogen) atoms. The first-order valence-electron chi connectivity index (χ1n) is 17.4. The molecule has 10 rings (SSSR count). The van der Waals surface area contributed by atoms with Crippen LogP contribution in [0.3, 0.4) is 0 Å². The molecule has 9 aromatic rings. The summed E-state index contributed by atoms with van der Waals surface area (Å²) in [7, 11) is 0. The normalized spacial score (nSPS) is 13.1. The summed E-state index contributed by atoms with van der Waals surface area (Å²) in [6, 6.07) is 57.7. The van der Waals surface area contributed by atoms with Crippen LogP contribution in [-0.4, -0.2) is 9.97 Å². The van der Waals surface area contributed by atoms with Crippen molar-refractivity contribution in [2.24, 2.45) is 0 Å². The van der Waals surface area contributed by atoms with Gasteiger partial charge in [0.25, 0.3) is 0 Å². The van der Waals surface area contributed by atoms with Crippen LogP contribution in [0.4, 0.5) is 17.1 Å². The van der Waals surface area contributed by atoms with Gasteiger partial charge in [0, 0.05) is 49.6 Å². The second kappa shape index (κ2) is 11.3. The molecule has 7 aromatic carbocycles. The number of nitrogens with zero attached hydrogens (tertiary/aromatic N) is 3. The van der Waals surface area contributed by atoms with Crippen LogP contribution in [0, 0.1) is 0 Å². The third-order valence-corrected chi connectivity index (χ3v) is 10.5. The van der Waals surface area contributed by atoms with Gasteiger partial charge in [-0.3, -0.25) is 0 Å². The molecule has 2 aromatic heterocycles. The first kappa shape index (κ1) is 29.4. The molecule has 1 aliphatic rings. The molecular formula is C47H33N3O. The maximum atomic E-state index is 6.25. The van der Waals surface area contributed by atoms with Crippen LogP contribution in [0.1, 0.15) is 25.0 Å². The van der Waals surface area contributed by atoms with Crippen molar-refractivity contribution in [2.75, 3.05) is 4.90 Å². The number of rotatable bonds is 5. The second-order valence-corrected chi connectivity index (χ2v) is 13.8. The predicted octanol–water partition coefficient (Wildman–Crippen LogP) is 12.6. The van der Waals surface area contributed by atoms with Crippen LogP contribution in [-0.2, 0) is 5.41 Å². The molecule has 242 valence electrons. The lowest BCUT2D eigenvalue weighted by Gasteiger charge is -2.29. The fraction of sp³-hybridized carbons (Fsp3) is 0.0638. The lowest BCUT2D eigenvalue weighted by molar-refractivity contribution is 0.660. The van der Waals surface area contributed by atoms with E-state index in [-0.39, 0.29) is 5.41 Å². The molecule has 4 nitrogen and oxygen atoms in total. The quantitative estimate of drug-likeness (QED) is 0.185. The Kier molecular flexibility index (Phi) is 6.49. The molecular weight excluding hydrogens is 623 g/mol. The van der Waals surface area contributed by atoms with Gasteiger partial charge in [0.15, 0.2) is 5.82 Å². The number of fused-ring (bicyclic) bond motifs is 7. The van der Waals surface area contributed by atoms with E-state index < -0.39 is 0 Å². The summed E-state index contributed by atoms with van der Waals surface area (Å²) in [6.07, 6.45) is 0. The minimum atomic E-state index is -0.119. The number of benzene rings is 7. The molecule has 0 radical (unpaired) electrons. The lowest BCUT2D eigenvalue weighted by Crippen LogP contribution is -2.16. The molecule has 0 saturated heterocycles. The number of aromatic nitrogens is 2. The van der Waals surface area contributed by atoms with Crippen molar-refractivity contribution >= 4 is 49.9 Å². The number of anilines is 3. The van der Waals surface area contributed by atoms with Crippen molar-refractivity contribution in [2.45, 2.75) is 19.3 Å². The maximum absolute atomic E-state index is 6.25. The molecule has 1 aliphatic carbocycles. The highest BCUT2D eigenvalue weighted by Gasteiger charge is 2.37. The Morgan fingerprint density at radius 3 is 2.06 bits per heavy atom. The van der Waals surface area contributed by atoms with Gasteiger partial charge in [-0.15, -0.1) is 0 Å². The van der Waals surface area contributed by atoms with Crippen LogP contribution in [0.15, 0.2) is 168 Å². The standard InChI is InChI=1S/C47H33N3O/c1-47(2)38-18-9-6-16-35(38)44-39(47)19-12-21-41(44)50(33-27-28-43-37(29-33)34-15-8-11-22-42(34)51-43)32-25-23-31(24-26-32)46-48-40-20-10-7-17-36(40)45(49-46)30-13-4-3-5-14-30/h3-29H,1-2H3. The topological polar surface area (TPSA) is 42.2 Å². The van der Waals surface area contributed by atoms with Gasteiger partial charge >= 0.3 is 0 Å². The van der Waals surface area contributed by atoms with Gasteiger partial charge in [0.2, 0.25) is 0 Å². The van der Waals surface area contributed by atoms with Gasteiger partial charge in [-0.05, 0) is 77.4 Å². The second-order valence-electron chi connectivity index (χ2n) is 13.8. The van der Waals surface area contributed by atoms with Gasteiger partial charge in [-0.1, -0.05) is 117 Å². The van der Waals surface area contributed by atoms with Crippen molar-refractivity contribution in [1.29, 1.82) is 0 Å². The van der Waals surface area contributed by atoms with Crippen LogP contribution in [0.5, 0.6) is 0 Å². The van der Waals surface area contributed by atoms with Crippen molar-refractivity contribution in [1.82, 2.24) is 9.97 Å². The van der Waals surface area contributed by atoms with Gasteiger partial charge in [0.05, 0.1) is 16.9 Å². The van der Waals surface area contributed by atoms with E-state index in [1.54, 1.807) is 0 Å². The molecule has 0 saturated carbocycles. The fourth-order valence-electron chi connectivity index (χ4n) is 7.98. The van der Waals surface area contributed by atoms with Crippen molar-refractivity contribution in [3.8, 4) is 33.8 Å². The minimum Gasteiger partial charge on any atom is -0.456 e. The Bertz CT molecular complexity index is 2780. The van der Waals surface area contributed by atoms with Crippen LogP contribution >= 0.6 is 0 Å². The zero-order valence-electron chi connectivity index (χ0n) is 28.3. The molecule has 4 heteroatoms. The monoisotopic (exact) mass is 655 g/mol. The number of hydrogen-bond donors (Lipinski definition) is 0.